The Hall–Kier alpha value is -1.63. The second-order valence-corrected chi connectivity index (χ2v) is 6.19. The zero-order valence-corrected chi connectivity index (χ0v) is 13.4. The molecule has 2 amide bonds. The molecule has 1 aliphatic heterocycles. The van der Waals surface area contributed by atoms with Gasteiger partial charge < -0.3 is 15.1 Å². The third kappa shape index (κ3) is 3.93. The molecule has 0 atom stereocenters. The van der Waals surface area contributed by atoms with Gasteiger partial charge in [-0.1, -0.05) is 13.8 Å². The summed E-state index contributed by atoms with van der Waals surface area (Å²) in [6, 6.07) is 0. The van der Waals surface area contributed by atoms with Crippen LogP contribution in [0.25, 0.3) is 0 Å². The van der Waals surface area contributed by atoms with Gasteiger partial charge in [-0.25, -0.2) is 4.98 Å². The van der Waals surface area contributed by atoms with E-state index in [0.717, 1.165) is 29.4 Å². The van der Waals surface area contributed by atoms with E-state index in [2.05, 4.69) is 17.2 Å². The lowest BCUT2D eigenvalue weighted by Gasteiger charge is -2.33. The molecule has 0 spiro atoms. The van der Waals surface area contributed by atoms with Crippen LogP contribution in [0.15, 0.2) is 6.20 Å². The second-order valence-electron chi connectivity index (χ2n) is 5.08. The molecule has 6 nitrogen and oxygen atoms in total. The Kier molecular flexibility index (Phi) is 5.55. The highest BCUT2D eigenvalue weighted by Crippen LogP contribution is 2.20. The first-order valence-corrected chi connectivity index (χ1v) is 8.24. The van der Waals surface area contributed by atoms with Gasteiger partial charge in [0.2, 0.25) is 0 Å². The van der Waals surface area contributed by atoms with Gasteiger partial charge in [-0.3, -0.25) is 9.59 Å². The van der Waals surface area contributed by atoms with Crippen LogP contribution in [0, 0.1) is 0 Å². The van der Waals surface area contributed by atoms with Crippen LogP contribution in [0.3, 0.4) is 0 Å². The molecule has 7 heteroatoms. The summed E-state index contributed by atoms with van der Waals surface area (Å²) in [7, 11) is 0. The van der Waals surface area contributed by atoms with Crippen LogP contribution in [-0.4, -0.2) is 52.8 Å². The molecule has 0 saturated carbocycles. The van der Waals surface area contributed by atoms with Crippen LogP contribution in [0.5, 0.6) is 0 Å². The molecule has 0 radical (unpaired) electrons. The molecule has 1 N–H and O–H groups in total. The van der Waals surface area contributed by atoms with Gasteiger partial charge in [-0.2, -0.15) is 0 Å². The molecule has 1 saturated heterocycles. The number of anilines is 1. The first kappa shape index (κ1) is 15.8. The number of piperazine rings is 1. The smallest absolute Gasteiger partial charge is 0.312 e. The topological polar surface area (TPSA) is 65.5 Å². The molecule has 1 aliphatic rings. The van der Waals surface area contributed by atoms with Crippen molar-refractivity contribution in [1.82, 2.24) is 14.8 Å². The van der Waals surface area contributed by atoms with Crippen molar-refractivity contribution in [3.63, 3.8) is 0 Å². The normalized spacial score (nSPS) is 15.7. The van der Waals surface area contributed by atoms with Gasteiger partial charge in [-0.05, 0) is 12.8 Å². The molecule has 116 valence electrons. The lowest BCUT2D eigenvalue weighted by molar-refractivity contribution is -0.156. The fraction of sp³-hybridized carbons (Fsp3) is 0.643. The van der Waals surface area contributed by atoms with E-state index in [4.69, 9.17) is 0 Å². The van der Waals surface area contributed by atoms with Crippen LogP contribution in [0.1, 0.15) is 31.6 Å². The maximum absolute atomic E-state index is 12.1. The number of aromatic nitrogens is 1. The van der Waals surface area contributed by atoms with Crippen molar-refractivity contribution >= 4 is 28.3 Å². The molecule has 2 rings (SSSR count). The minimum Gasteiger partial charge on any atom is -0.362 e. The zero-order valence-electron chi connectivity index (χ0n) is 12.6. The van der Waals surface area contributed by atoms with Crippen LogP contribution in [0.2, 0.25) is 0 Å². The highest BCUT2D eigenvalue weighted by atomic mass is 32.1. The largest absolute Gasteiger partial charge is 0.362 e. The molecule has 0 unspecified atom stereocenters. The van der Waals surface area contributed by atoms with E-state index in [0.29, 0.717) is 26.2 Å². The number of amides is 2. The van der Waals surface area contributed by atoms with Crippen molar-refractivity contribution in [2.75, 3.05) is 31.5 Å². The molecular formula is C14H22N4O2S. The summed E-state index contributed by atoms with van der Waals surface area (Å²) >= 11 is 1.54. The number of carbonyl (C=O) groups excluding carboxylic acids is 2. The molecule has 1 aromatic heterocycles. The number of nitrogens with one attached hydrogen (secondary N) is 1. The SMILES string of the molecule is CCCNc1ncc(CN2CCN(CCC)C(=O)C2=O)s1. The minimum absolute atomic E-state index is 0.378. The van der Waals surface area contributed by atoms with Crippen LogP contribution < -0.4 is 5.32 Å². The molecule has 21 heavy (non-hydrogen) atoms. The first-order chi connectivity index (χ1) is 10.2. The Morgan fingerprint density at radius 2 is 1.90 bits per heavy atom. The summed E-state index contributed by atoms with van der Waals surface area (Å²) in [6.45, 7) is 7.34. The van der Waals surface area contributed by atoms with Gasteiger partial charge in [0, 0.05) is 37.3 Å². The average Bonchev–Trinajstić information content (AvgIpc) is 2.92. The summed E-state index contributed by atoms with van der Waals surface area (Å²) in [6.07, 6.45) is 3.69. The van der Waals surface area contributed by atoms with Crippen molar-refractivity contribution in [3.05, 3.63) is 11.1 Å². The van der Waals surface area contributed by atoms with Crippen LogP contribution in [0.4, 0.5) is 5.13 Å². The predicted molar refractivity (Wildman–Crippen MR) is 83.2 cm³/mol. The minimum atomic E-state index is -0.397. The third-order valence-electron chi connectivity index (χ3n) is 3.32. The van der Waals surface area contributed by atoms with E-state index in [1.165, 1.54) is 11.3 Å². The maximum Gasteiger partial charge on any atom is 0.312 e. The van der Waals surface area contributed by atoms with Gasteiger partial charge in [0.05, 0.1) is 6.54 Å². The maximum atomic E-state index is 12.1. The van der Waals surface area contributed by atoms with Crippen LogP contribution >= 0.6 is 11.3 Å². The van der Waals surface area contributed by atoms with Crippen molar-refractivity contribution in [2.45, 2.75) is 33.2 Å². The van der Waals surface area contributed by atoms with Crippen molar-refractivity contribution < 1.29 is 9.59 Å². The third-order valence-corrected chi connectivity index (χ3v) is 4.26. The predicted octanol–water partition coefficient (Wildman–Crippen LogP) is 1.55. The fourth-order valence-corrected chi connectivity index (χ4v) is 3.09. The molecule has 0 aromatic carbocycles. The number of carbonyl (C=O) groups is 2. The Labute approximate surface area is 129 Å². The standard InChI is InChI=1S/C14H22N4O2S/c1-3-5-15-14-16-9-11(21-14)10-18-8-7-17(6-4-2)12(19)13(18)20/h9H,3-8,10H2,1-2H3,(H,15,16). The molecule has 1 aromatic rings. The Bertz CT molecular complexity index is 503. The number of thiazole rings is 1. The highest BCUT2D eigenvalue weighted by molar-refractivity contribution is 7.15. The van der Waals surface area contributed by atoms with Crippen molar-refractivity contribution in [2.24, 2.45) is 0 Å². The molecule has 2 heterocycles. The lowest BCUT2D eigenvalue weighted by Crippen LogP contribution is -2.53. The van der Waals surface area contributed by atoms with Crippen LogP contribution in [-0.2, 0) is 16.1 Å². The zero-order chi connectivity index (χ0) is 15.2. The summed E-state index contributed by atoms with van der Waals surface area (Å²) in [5, 5.41) is 4.10. The molecular weight excluding hydrogens is 288 g/mol. The quantitative estimate of drug-likeness (QED) is 0.776. The lowest BCUT2D eigenvalue weighted by atomic mass is 10.2. The summed E-state index contributed by atoms with van der Waals surface area (Å²) in [5.41, 5.74) is 0. The second kappa shape index (κ2) is 7.40. The Morgan fingerprint density at radius 3 is 2.62 bits per heavy atom. The van der Waals surface area contributed by atoms with E-state index in [9.17, 15) is 9.59 Å². The van der Waals surface area contributed by atoms with Crippen molar-refractivity contribution in [3.8, 4) is 0 Å². The van der Waals surface area contributed by atoms with E-state index in [-0.39, 0.29) is 5.91 Å². The monoisotopic (exact) mass is 310 g/mol. The van der Waals surface area contributed by atoms with Gasteiger partial charge in [-0.15, -0.1) is 11.3 Å². The summed E-state index contributed by atoms with van der Waals surface area (Å²) in [4.78, 5) is 32.6. The van der Waals surface area contributed by atoms with Gasteiger partial charge in [0.15, 0.2) is 5.13 Å². The van der Waals surface area contributed by atoms with E-state index < -0.39 is 5.91 Å². The van der Waals surface area contributed by atoms with Gasteiger partial charge >= 0.3 is 11.8 Å². The number of rotatable bonds is 7. The molecule has 0 aliphatic carbocycles. The van der Waals surface area contributed by atoms with E-state index in [1.807, 2.05) is 6.92 Å². The van der Waals surface area contributed by atoms with Gasteiger partial charge in [0.1, 0.15) is 0 Å². The molecule has 0 bridgehead atoms. The molecule has 1 fully saturated rings. The fourth-order valence-electron chi connectivity index (χ4n) is 2.23. The number of hydrogen-bond donors (Lipinski definition) is 1. The van der Waals surface area contributed by atoms with E-state index >= 15 is 0 Å². The first-order valence-electron chi connectivity index (χ1n) is 7.42. The summed E-state index contributed by atoms with van der Waals surface area (Å²) in [5.74, 6) is -0.775. The highest BCUT2D eigenvalue weighted by Gasteiger charge is 2.32. The summed E-state index contributed by atoms with van der Waals surface area (Å²) < 4.78 is 0. The van der Waals surface area contributed by atoms with Crippen molar-refractivity contribution in [1.29, 1.82) is 0 Å². The Balaban J connectivity index is 1.92. The number of hydrogen-bond acceptors (Lipinski definition) is 5. The van der Waals surface area contributed by atoms with Gasteiger partial charge in [0.25, 0.3) is 0 Å². The average molecular weight is 310 g/mol. The van der Waals surface area contributed by atoms with E-state index in [1.54, 1.807) is 16.0 Å². The number of nitrogens with zero attached hydrogens (tertiary/aromatic N) is 3. The Morgan fingerprint density at radius 1 is 1.19 bits per heavy atom.